The van der Waals surface area contributed by atoms with E-state index in [1.807, 2.05) is 0 Å². The van der Waals surface area contributed by atoms with Gasteiger partial charge in [0.15, 0.2) is 0 Å². The van der Waals surface area contributed by atoms with Crippen LogP contribution in [0.1, 0.15) is 32.1 Å². The van der Waals surface area contributed by atoms with Gasteiger partial charge in [0.1, 0.15) is 0 Å². The van der Waals surface area contributed by atoms with Crippen LogP contribution < -0.4 is 10.6 Å². The molecule has 2 nitrogen and oxygen atoms in total. The zero-order chi connectivity index (χ0) is 14.1. The number of rotatable bonds is 3. The molecule has 2 heteroatoms. The van der Waals surface area contributed by atoms with E-state index >= 15 is 0 Å². The van der Waals surface area contributed by atoms with E-state index in [0.717, 1.165) is 12.0 Å². The molecule has 2 fully saturated rings. The van der Waals surface area contributed by atoms with Crippen LogP contribution in [-0.2, 0) is 0 Å². The standard InChI is InChI=1S/C19H24N2/c1-2-6-15-13-16(11-10-14(15)5-1)21-19-8-3-7-17(19)18-9-4-12-20-18/h1-2,5-6,10-11,13,17-21H,3-4,7-9,12H2. The third-order valence-electron chi connectivity index (χ3n) is 5.29. The third kappa shape index (κ3) is 2.65. The molecular formula is C19H24N2. The number of nitrogens with one attached hydrogen (secondary N) is 2. The third-order valence-corrected chi connectivity index (χ3v) is 5.29. The predicted octanol–water partition coefficient (Wildman–Crippen LogP) is 4.17. The first-order valence-corrected chi connectivity index (χ1v) is 8.39. The molecular weight excluding hydrogens is 256 g/mol. The number of fused-ring (bicyclic) bond motifs is 1. The van der Waals surface area contributed by atoms with Crippen LogP contribution in [0.25, 0.3) is 10.8 Å². The molecule has 1 saturated carbocycles. The molecule has 21 heavy (non-hydrogen) atoms. The van der Waals surface area contributed by atoms with E-state index in [2.05, 4.69) is 53.1 Å². The van der Waals surface area contributed by atoms with Crippen molar-refractivity contribution < 1.29 is 0 Å². The molecule has 0 spiro atoms. The summed E-state index contributed by atoms with van der Waals surface area (Å²) in [6, 6.07) is 16.8. The quantitative estimate of drug-likeness (QED) is 0.881. The summed E-state index contributed by atoms with van der Waals surface area (Å²) in [6.07, 6.45) is 6.77. The lowest BCUT2D eigenvalue weighted by atomic mass is 9.93. The summed E-state index contributed by atoms with van der Waals surface area (Å²) in [5.41, 5.74) is 1.28. The Morgan fingerprint density at radius 2 is 1.81 bits per heavy atom. The van der Waals surface area contributed by atoms with Gasteiger partial charge >= 0.3 is 0 Å². The van der Waals surface area contributed by atoms with Gasteiger partial charge in [0, 0.05) is 17.8 Å². The second-order valence-electron chi connectivity index (χ2n) is 6.61. The van der Waals surface area contributed by atoms with Crippen molar-refractivity contribution in [1.82, 2.24) is 5.32 Å². The maximum atomic E-state index is 3.82. The smallest absolute Gasteiger partial charge is 0.0348 e. The lowest BCUT2D eigenvalue weighted by molar-refractivity contribution is 0.376. The summed E-state index contributed by atoms with van der Waals surface area (Å²) in [5, 5.41) is 10.2. The fourth-order valence-electron chi connectivity index (χ4n) is 4.22. The monoisotopic (exact) mass is 280 g/mol. The Hall–Kier alpha value is -1.54. The zero-order valence-corrected chi connectivity index (χ0v) is 12.5. The molecule has 0 radical (unpaired) electrons. The molecule has 2 N–H and O–H groups in total. The second kappa shape index (κ2) is 5.69. The number of anilines is 1. The Kier molecular flexibility index (Phi) is 3.56. The molecule has 110 valence electrons. The van der Waals surface area contributed by atoms with Gasteiger partial charge in [-0.1, -0.05) is 36.8 Å². The number of hydrogen-bond donors (Lipinski definition) is 2. The molecule has 4 rings (SSSR count). The average molecular weight is 280 g/mol. The Bertz CT molecular complexity index is 616. The highest BCUT2D eigenvalue weighted by Crippen LogP contribution is 2.34. The summed E-state index contributed by atoms with van der Waals surface area (Å²) in [6.45, 7) is 1.21. The highest BCUT2D eigenvalue weighted by molar-refractivity contribution is 5.85. The largest absolute Gasteiger partial charge is 0.382 e. The molecule has 2 aliphatic rings. The Balaban J connectivity index is 1.53. The Morgan fingerprint density at radius 1 is 0.905 bits per heavy atom. The van der Waals surface area contributed by atoms with Crippen molar-refractivity contribution in [2.45, 2.75) is 44.2 Å². The van der Waals surface area contributed by atoms with Crippen molar-refractivity contribution in [1.29, 1.82) is 0 Å². The Morgan fingerprint density at radius 3 is 2.67 bits per heavy atom. The molecule has 1 aliphatic heterocycles. The van der Waals surface area contributed by atoms with E-state index in [1.54, 1.807) is 0 Å². The summed E-state index contributed by atoms with van der Waals surface area (Å²) in [7, 11) is 0. The van der Waals surface area contributed by atoms with Crippen LogP contribution in [0.2, 0.25) is 0 Å². The van der Waals surface area contributed by atoms with Gasteiger partial charge in [-0.05, 0) is 61.1 Å². The topological polar surface area (TPSA) is 24.1 Å². The highest BCUT2D eigenvalue weighted by Gasteiger charge is 2.34. The van der Waals surface area contributed by atoms with Crippen molar-refractivity contribution >= 4 is 16.5 Å². The van der Waals surface area contributed by atoms with Crippen LogP contribution in [0, 0.1) is 5.92 Å². The van der Waals surface area contributed by atoms with Crippen LogP contribution in [0.5, 0.6) is 0 Å². The number of hydrogen-bond acceptors (Lipinski definition) is 2. The zero-order valence-electron chi connectivity index (χ0n) is 12.5. The fourth-order valence-corrected chi connectivity index (χ4v) is 4.22. The normalized spacial score (nSPS) is 29.0. The van der Waals surface area contributed by atoms with Crippen LogP contribution in [-0.4, -0.2) is 18.6 Å². The van der Waals surface area contributed by atoms with Crippen molar-refractivity contribution in [3.63, 3.8) is 0 Å². The van der Waals surface area contributed by atoms with Crippen molar-refractivity contribution in [3.8, 4) is 0 Å². The van der Waals surface area contributed by atoms with Crippen molar-refractivity contribution in [3.05, 3.63) is 42.5 Å². The minimum Gasteiger partial charge on any atom is -0.382 e. The van der Waals surface area contributed by atoms with Gasteiger partial charge in [0.25, 0.3) is 0 Å². The lowest BCUT2D eigenvalue weighted by Crippen LogP contribution is -2.38. The first-order chi connectivity index (χ1) is 10.4. The van der Waals surface area contributed by atoms with Gasteiger partial charge in [0.2, 0.25) is 0 Å². The van der Waals surface area contributed by atoms with E-state index in [9.17, 15) is 0 Å². The predicted molar refractivity (Wildman–Crippen MR) is 89.7 cm³/mol. The molecule has 0 aromatic heterocycles. The van der Waals surface area contributed by atoms with Gasteiger partial charge in [-0.25, -0.2) is 0 Å². The van der Waals surface area contributed by atoms with Crippen molar-refractivity contribution in [2.75, 3.05) is 11.9 Å². The lowest BCUT2D eigenvalue weighted by Gasteiger charge is -2.27. The molecule has 1 aliphatic carbocycles. The second-order valence-corrected chi connectivity index (χ2v) is 6.61. The molecule has 0 bridgehead atoms. The van der Waals surface area contributed by atoms with Crippen LogP contribution >= 0.6 is 0 Å². The average Bonchev–Trinajstić information content (AvgIpc) is 3.18. The Labute approximate surface area is 126 Å². The van der Waals surface area contributed by atoms with Gasteiger partial charge in [-0.2, -0.15) is 0 Å². The SMILES string of the molecule is c1ccc2cc(NC3CCCC3C3CCCN3)ccc2c1. The van der Waals surface area contributed by atoms with Gasteiger partial charge < -0.3 is 10.6 Å². The summed E-state index contributed by atoms with van der Waals surface area (Å²) in [4.78, 5) is 0. The minimum absolute atomic E-state index is 0.641. The fraction of sp³-hybridized carbons (Fsp3) is 0.474. The first-order valence-electron chi connectivity index (χ1n) is 8.39. The van der Waals surface area contributed by atoms with Crippen LogP contribution in [0.15, 0.2) is 42.5 Å². The van der Waals surface area contributed by atoms with Crippen molar-refractivity contribution in [2.24, 2.45) is 5.92 Å². The maximum Gasteiger partial charge on any atom is 0.0348 e. The van der Waals surface area contributed by atoms with Crippen LogP contribution in [0.3, 0.4) is 0 Å². The van der Waals surface area contributed by atoms with E-state index in [4.69, 9.17) is 0 Å². The van der Waals surface area contributed by atoms with Gasteiger partial charge in [-0.15, -0.1) is 0 Å². The van der Waals surface area contributed by atoms with E-state index in [0.29, 0.717) is 6.04 Å². The van der Waals surface area contributed by atoms with E-state index in [1.165, 1.54) is 55.1 Å². The number of benzene rings is 2. The van der Waals surface area contributed by atoms with E-state index in [-0.39, 0.29) is 0 Å². The molecule has 3 unspecified atom stereocenters. The molecule has 3 atom stereocenters. The maximum absolute atomic E-state index is 3.82. The summed E-state index contributed by atoms with van der Waals surface area (Å²) < 4.78 is 0. The van der Waals surface area contributed by atoms with Gasteiger partial charge in [-0.3, -0.25) is 0 Å². The minimum atomic E-state index is 0.641. The van der Waals surface area contributed by atoms with E-state index < -0.39 is 0 Å². The molecule has 1 saturated heterocycles. The molecule has 1 heterocycles. The molecule has 0 amide bonds. The van der Waals surface area contributed by atoms with Gasteiger partial charge in [0.05, 0.1) is 0 Å². The molecule has 2 aromatic carbocycles. The first kappa shape index (κ1) is 13.1. The highest BCUT2D eigenvalue weighted by atomic mass is 15.0. The summed E-state index contributed by atoms with van der Waals surface area (Å²) >= 11 is 0. The van der Waals surface area contributed by atoms with Crippen LogP contribution in [0.4, 0.5) is 5.69 Å². The molecule has 2 aromatic rings. The summed E-state index contributed by atoms with van der Waals surface area (Å²) in [5.74, 6) is 0.805.